The predicted octanol–water partition coefficient (Wildman–Crippen LogP) is 6.97. The van der Waals surface area contributed by atoms with Crippen LogP contribution in [0.2, 0.25) is 0 Å². The van der Waals surface area contributed by atoms with Crippen molar-refractivity contribution >= 4 is 34.4 Å². The summed E-state index contributed by atoms with van der Waals surface area (Å²) in [5.74, 6) is -4.22. The van der Waals surface area contributed by atoms with Crippen LogP contribution >= 0.6 is 11.3 Å². The number of piperidine rings is 1. The zero-order chi connectivity index (χ0) is 30.7. The molecule has 0 spiro atoms. The highest BCUT2D eigenvalue weighted by atomic mass is 32.1. The normalized spacial score (nSPS) is 18.1. The van der Waals surface area contributed by atoms with E-state index in [1.807, 2.05) is 48.5 Å². The van der Waals surface area contributed by atoms with Gasteiger partial charge >= 0.3 is 0 Å². The second-order valence-corrected chi connectivity index (χ2v) is 12.3. The Balaban J connectivity index is 1.20. The van der Waals surface area contributed by atoms with E-state index in [-0.39, 0.29) is 29.6 Å². The van der Waals surface area contributed by atoms with Gasteiger partial charge in [-0.05, 0) is 31.4 Å². The van der Waals surface area contributed by atoms with Crippen molar-refractivity contribution in [1.29, 1.82) is 0 Å². The third-order valence-corrected chi connectivity index (χ3v) is 9.44. The van der Waals surface area contributed by atoms with E-state index in [9.17, 15) is 9.59 Å². The fourth-order valence-corrected chi connectivity index (χ4v) is 6.93. The minimum atomic E-state index is -3.31. The number of fused-ring (bicyclic) bond motifs is 1. The molecule has 1 N–H and O–H groups in total. The van der Waals surface area contributed by atoms with Crippen LogP contribution in [0.5, 0.6) is 0 Å². The first-order chi connectivity index (χ1) is 21.3. The summed E-state index contributed by atoms with van der Waals surface area (Å²) < 4.78 is 31.5. The number of rotatable bonds is 6. The van der Waals surface area contributed by atoms with Gasteiger partial charge in [0.25, 0.3) is 11.8 Å². The van der Waals surface area contributed by atoms with E-state index in [2.05, 4.69) is 27.3 Å². The van der Waals surface area contributed by atoms with Gasteiger partial charge in [-0.25, -0.2) is 13.8 Å². The zero-order valence-corrected chi connectivity index (χ0v) is 25.3. The topological polar surface area (TPSA) is 65.5 Å². The number of hydrogen-bond acceptors (Lipinski definition) is 5. The molecule has 0 aliphatic carbocycles. The van der Waals surface area contributed by atoms with Gasteiger partial charge in [0.15, 0.2) is 0 Å². The van der Waals surface area contributed by atoms with Gasteiger partial charge in [-0.15, -0.1) is 11.3 Å². The Bertz CT molecular complexity index is 1660. The summed E-state index contributed by atoms with van der Waals surface area (Å²) in [6.45, 7) is 4.04. The molecule has 1 fully saturated rings. The summed E-state index contributed by atoms with van der Waals surface area (Å²) in [6.07, 6.45) is 1.93. The molecule has 3 heterocycles. The lowest BCUT2D eigenvalue weighted by molar-refractivity contribution is -0.117. The number of allylic oxidation sites excluding steroid dienone is 1. The Labute approximate surface area is 260 Å². The molecule has 0 atom stereocenters. The number of thiazole rings is 1. The van der Waals surface area contributed by atoms with E-state index in [1.165, 1.54) is 21.8 Å². The summed E-state index contributed by atoms with van der Waals surface area (Å²) in [5, 5.41) is 3.66. The Kier molecular flexibility index (Phi) is 8.68. The first kappa shape index (κ1) is 29.8. The third kappa shape index (κ3) is 6.49. The first-order valence-corrected chi connectivity index (χ1v) is 15.7. The number of anilines is 1. The highest BCUT2D eigenvalue weighted by Crippen LogP contribution is 2.44. The van der Waals surface area contributed by atoms with Gasteiger partial charge in [0.2, 0.25) is 5.91 Å². The van der Waals surface area contributed by atoms with Gasteiger partial charge in [-0.2, -0.15) is 0 Å². The minimum Gasteiger partial charge on any atom is -0.350 e. The summed E-state index contributed by atoms with van der Waals surface area (Å²) in [5.41, 5.74) is 2.86. The number of aryl methyl sites for hydroxylation is 1. The molecule has 1 aromatic heterocycles. The molecular formula is C35H34F2N4O2S. The van der Waals surface area contributed by atoms with E-state index >= 15 is 8.78 Å². The molecule has 2 aliphatic heterocycles. The van der Waals surface area contributed by atoms with Crippen LogP contribution in [0.15, 0.2) is 91.0 Å². The van der Waals surface area contributed by atoms with Gasteiger partial charge in [-0.3, -0.25) is 14.5 Å². The molecule has 6 nitrogen and oxygen atoms in total. The zero-order valence-electron chi connectivity index (χ0n) is 24.5. The molecule has 0 bridgehead atoms. The standard InChI is InChI=1S/C35H34F2N4O2S/c1-24-32(44-33(38-24)26-12-6-3-7-13-26)34(43)41-21-18-35(36,37)29(28-14-8-9-15-30(28)41)22-31(42)39-27-16-19-40(20-17-27)23-25-10-4-2-5-11-25/h2-15,22,27H,16-21,23H2,1H3,(H,39,42). The van der Waals surface area contributed by atoms with Gasteiger partial charge < -0.3 is 10.2 Å². The lowest BCUT2D eigenvalue weighted by atomic mass is 9.96. The molecule has 6 rings (SSSR count). The molecule has 1 saturated heterocycles. The number of nitrogens with one attached hydrogen (secondary N) is 1. The minimum absolute atomic E-state index is 0.0905. The van der Waals surface area contributed by atoms with Crippen molar-refractivity contribution in [1.82, 2.24) is 15.2 Å². The van der Waals surface area contributed by atoms with E-state index in [1.54, 1.807) is 31.2 Å². The van der Waals surface area contributed by atoms with Crippen LogP contribution in [-0.4, -0.2) is 53.3 Å². The number of aromatic nitrogens is 1. The first-order valence-electron chi connectivity index (χ1n) is 14.9. The molecule has 4 aromatic rings. The number of para-hydroxylation sites is 1. The van der Waals surface area contributed by atoms with Crippen LogP contribution in [-0.2, 0) is 11.3 Å². The maximum atomic E-state index is 15.7. The molecule has 9 heteroatoms. The van der Waals surface area contributed by atoms with E-state index in [0.717, 1.165) is 44.1 Å². The number of nitrogens with zero attached hydrogens (tertiary/aromatic N) is 3. The molecular weight excluding hydrogens is 578 g/mol. The molecule has 226 valence electrons. The van der Waals surface area contributed by atoms with Crippen molar-refractivity contribution in [3.05, 3.63) is 113 Å². The fourth-order valence-electron chi connectivity index (χ4n) is 5.91. The number of halogens is 2. The summed E-state index contributed by atoms with van der Waals surface area (Å²) >= 11 is 1.25. The molecule has 2 aliphatic rings. The Morgan fingerprint density at radius 3 is 2.34 bits per heavy atom. The predicted molar refractivity (Wildman–Crippen MR) is 171 cm³/mol. The molecule has 0 saturated carbocycles. The summed E-state index contributed by atoms with van der Waals surface area (Å²) in [6, 6.07) is 26.3. The number of carbonyl (C=O) groups excluding carboxylic acids is 2. The fraction of sp³-hybridized carbons (Fsp3) is 0.286. The smallest absolute Gasteiger partial charge is 0.275 e. The SMILES string of the molecule is Cc1nc(-c2ccccc2)sc1C(=O)N1CCC(F)(F)C(=CC(=O)NC2CCN(Cc3ccccc3)CC2)c2ccccc21. The Morgan fingerprint density at radius 2 is 1.61 bits per heavy atom. The lowest BCUT2D eigenvalue weighted by Gasteiger charge is -2.32. The van der Waals surface area contributed by atoms with Crippen molar-refractivity contribution in [2.24, 2.45) is 0 Å². The number of benzene rings is 3. The molecule has 0 radical (unpaired) electrons. The van der Waals surface area contributed by atoms with Crippen molar-refractivity contribution in [2.75, 3.05) is 24.5 Å². The van der Waals surface area contributed by atoms with Crippen LogP contribution < -0.4 is 10.2 Å². The number of alkyl halides is 2. The van der Waals surface area contributed by atoms with Gasteiger partial charge in [-0.1, -0.05) is 78.9 Å². The number of hydrogen-bond donors (Lipinski definition) is 1. The molecule has 0 unspecified atom stereocenters. The van der Waals surface area contributed by atoms with Crippen molar-refractivity contribution in [2.45, 2.75) is 44.7 Å². The average Bonchev–Trinajstić information content (AvgIpc) is 3.38. The van der Waals surface area contributed by atoms with E-state index < -0.39 is 18.3 Å². The summed E-state index contributed by atoms with van der Waals surface area (Å²) in [4.78, 5) is 35.8. The Morgan fingerprint density at radius 1 is 0.955 bits per heavy atom. The van der Waals surface area contributed by atoms with Crippen LogP contribution in [0, 0.1) is 6.92 Å². The third-order valence-electron chi connectivity index (χ3n) is 8.24. The van der Waals surface area contributed by atoms with E-state index in [4.69, 9.17) is 0 Å². The van der Waals surface area contributed by atoms with Crippen LogP contribution in [0.4, 0.5) is 14.5 Å². The van der Waals surface area contributed by atoms with Crippen LogP contribution in [0.25, 0.3) is 16.1 Å². The van der Waals surface area contributed by atoms with Gasteiger partial charge in [0.1, 0.15) is 9.88 Å². The van der Waals surface area contributed by atoms with Crippen LogP contribution in [0.3, 0.4) is 0 Å². The van der Waals surface area contributed by atoms with E-state index in [0.29, 0.717) is 21.3 Å². The van der Waals surface area contributed by atoms with Crippen molar-refractivity contribution in [3.63, 3.8) is 0 Å². The highest BCUT2D eigenvalue weighted by Gasteiger charge is 2.42. The molecule has 2 amide bonds. The number of amides is 2. The largest absolute Gasteiger partial charge is 0.350 e. The van der Waals surface area contributed by atoms with Crippen LogP contribution in [0.1, 0.15) is 45.8 Å². The average molecular weight is 613 g/mol. The maximum Gasteiger partial charge on any atom is 0.275 e. The van der Waals surface area contributed by atoms with Gasteiger partial charge in [0, 0.05) is 61.4 Å². The maximum absolute atomic E-state index is 15.7. The van der Waals surface area contributed by atoms with Gasteiger partial charge in [0.05, 0.1) is 11.4 Å². The van der Waals surface area contributed by atoms with Crippen molar-refractivity contribution < 1.29 is 18.4 Å². The highest BCUT2D eigenvalue weighted by molar-refractivity contribution is 7.17. The number of carbonyl (C=O) groups is 2. The second kappa shape index (κ2) is 12.8. The second-order valence-electron chi connectivity index (χ2n) is 11.3. The lowest BCUT2D eigenvalue weighted by Crippen LogP contribution is -2.44. The molecule has 44 heavy (non-hydrogen) atoms. The summed E-state index contributed by atoms with van der Waals surface area (Å²) in [7, 11) is 0. The molecule has 3 aromatic carbocycles. The quantitative estimate of drug-likeness (QED) is 0.239. The van der Waals surface area contributed by atoms with Crippen molar-refractivity contribution in [3.8, 4) is 10.6 Å². The monoisotopic (exact) mass is 612 g/mol. The number of likely N-dealkylation sites (tertiary alicyclic amines) is 1. The Hall–Kier alpha value is -4.21.